The summed E-state index contributed by atoms with van der Waals surface area (Å²) in [6, 6.07) is 7.37. The third-order valence-corrected chi connectivity index (χ3v) is 1.82. The number of nitrogens with one attached hydrogen (secondary N) is 1. The average molecular weight is 178 g/mol. The molecule has 0 atom stereocenters. The Balaban J connectivity index is 2.92. The van der Waals surface area contributed by atoms with E-state index in [-0.39, 0.29) is 5.91 Å². The number of hydrogen-bond donors (Lipinski definition) is 2. The summed E-state index contributed by atoms with van der Waals surface area (Å²) in [4.78, 5) is 11.5. The zero-order valence-corrected chi connectivity index (χ0v) is 7.71. The first-order valence-electron chi connectivity index (χ1n) is 4.35. The number of carbonyl (C=O) groups is 1. The number of hydrogen-bond acceptors (Lipinski definition) is 2. The third-order valence-electron chi connectivity index (χ3n) is 1.82. The third kappa shape index (κ3) is 2.29. The Hall–Kier alpha value is -1.35. The van der Waals surface area contributed by atoms with Crippen molar-refractivity contribution < 1.29 is 4.79 Å². The second-order valence-corrected chi connectivity index (χ2v) is 2.72. The number of carbonyl (C=O) groups excluding carboxylic acids is 1. The molecule has 1 rings (SSSR count). The van der Waals surface area contributed by atoms with Crippen molar-refractivity contribution in [2.75, 3.05) is 6.54 Å². The Morgan fingerprint density at radius 3 is 2.77 bits per heavy atom. The molecule has 1 aromatic carbocycles. The molecule has 0 unspecified atom stereocenters. The van der Waals surface area contributed by atoms with Crippen LogP contribution in [0, 0.1) is 0 Å². The van der Waals surface area contributed by atoms with E-state index in [4.69, 9.17) is 5.73 Å². The standard InChI is InChI=1S/C10H14N2O/c1-2-12-10(13)9-6-4-3-5-8(9)7-11/h3-6H,2,7,11H2,1H3,(H,12,13). The molecule has 3 nitrogen and oxygen atoms in total. The van der Waals surface area contributed by atoms with Gasteiger partial charge in [-0.25, -0.2) is 0 Å². The second kappa shape index (κ2) is 4.62. The van der Waals surface area contributed by atoms with Gasteiger partial charge in [0.1, 0.15) is 0 Å². The Morgan fingerprint density at radius 1 is 1.46 bits per heavy atom. The smallest absolute Gasteiger partial charge is 0.251 e. The number of amides is 1. The maximum absolute atomic E-state index is 11.5. The molecule has 1 aromatic rings. The van der Waals surface area contributed by atoms with Gasteiger partial charge in [-0.05, 0) is 18.6 Å². The van der Waals surface area contributed by atoms with Crippen LogP contribution in [0.5, 0.6) is 0 Å². The van der Waals surface area contributed by atoms with Crippen molar-refractivity contribution in [2.24, 2.45) is 5.73 Å². The molecule has 0 saturated carbocycles. The molecular weight excluding hydrogens is 164 g/mol. The van der Waals surface area contributed by atoms with Crippen LogP contribution in [0.2, 0.25) is 0 Å². The molecule has 0 bridgehead atoms. The van der Waals surface area contributed by atoms with E-state index in [0.29, 0.717) is 18.7 Å². The van der Waals surface area contributed by atoms with Crippen LogP contribution in [0.1, 0.15) is 22.8 Å². The van der Waals surface area contributed by atoms with E-state index in [1.807, 2.05) is 25.1 Å². The van der Waals surface area contributed by atoms with Gasteiger partial charge in [-0.2, -0.15) is 0 Å². The molecule has 1 amide bonds. The molecule has 3 heteroatoms. The predicted molar refractivity (Wildman–Crippen MR) is 52.3 cm³/mol. The summed E-state index contributed by atoms with van der Waals surface area (Å²) in [7, 11) is 0. The van der Waals surface area contributed by atoms with Gasteiger partial charge in [0.25, 0.3) is 5.91 Å². The zero-order valence-electron chi connectivity index (χ0n) is 7.71. The Kier molecular flexibility index (Phi) is 3.46. The van der Waals surface area contributed by atoms with Crippen LogP contribution in [0.3, 0.4) is 0 Å². The second-order valence-electron chi connectivity index (χ2n) is 2.72. The summed E-state index contributed by atoms with van der Waals surface area (Å²) in [6.45, 7) is 2.92. The van der Waals surface area contributed by atoms with Crippen molar-refractivity contribution in [2.45, 2.75) is 13.5 Å². The molecule has 0 spiro atoms. The Bertz CT molecular complexity index is 297. The fourth-order valence-electron chi connectivity index (χ4n) is 1.18. The van der Waals surface area contributed by atoms with Gasteiger partial charge in [-0.3, -0.25) is 4.79 Å². The highest BCUT2D eigenvalue weighted by Gasteiger charge is 2.07. The SMILES string of the molecule is CCNC(=O)c1ccccc1CN. The van der Waals surface area contributed by atoms with Gasteiger partial charge >= 0.3 is 0 Å². The molecule has 0 aliphatic heterocycles. The van der Waals surface area contributed by atoms with E-state index in [1.54, 1.807) is 6.07 Å². The van der Waals surface area contributed by atoms with Crippen LogP contribution in [-0.2, 0) is 6.54 Å². The number of rotatable bonds is 3. The lowest BCUT2D eigenvalue weighted by Crippen LogP contribution is -2.24. The monoisotopic (exact) mass is 178 g/mol. The highest BCUT2D eigenvalue weighted by molar-refractivity contribution is 5.95. The minimum absolute atomic E-state index is 0.0523. The van der Waals surface area contributed by atoms with Gasteiger partial charge in [0, 0.05) is 18.7 Å². The predicted octanol–water partition coefficient (Wildman–Crippen LogP) is 0.895. The molecule has 0 saturated heterocycles. The molecule has 0 aromatic heterocycles. The summed E-state index contributed by atoms with van der Waals surface area (Å²) < 4.78 is 0. The van der Waals surface area contributed by atoms with Crippen LogP contribution >= 0.6 is 0 Å². The first kappa shape index (κ1) is 9.74. The minimum Gasteiger partial charge on any atom is -0.352 e. The fourth-order valence-corrected chi connectivity index (χ4v) is 1.18. The summed E-state index contributed by atoms with van der Waals surface area (Å²) in [5.74, 6) is -0.0523. The van der Waals surface area contributed by atoms with E-state index >= 15 is 0 Å². The van der Waals surface area contributed by atoms with E-state index < -0.39 is 0 Å². The highest BCUT2D eigenvalue weighted by atomic mass is 16.1. The van der Waals surface area contributed by atoms with Crippen LogP contribution in [-0.4, -0.2) is 12.5 Å². The minimum atomic E-state index is -0.0523. The van der Waals surface area contributed by atoms with Crippen LogP contribution in [0.15, 0.2) is 24.3 Å². The molecule has 0 aliphatic rings. The maximum Gasteiger partial charge on any atom is 0.251 e. The molecular formula is C10H14N2O. The van der Waals surface area contributed by atoms with Gasteiger partial charge in [0.2, 0.25) is 0 Å². The van der Waals surface area contributed by atoms with E-state index in [2.05, 4.69) is 5.32 Å². The van der Waals surface area contributed by atoms with Crippen molar-refractivity contribution in [1.82, 2.24) is 5.32 Å². The Labute approximate surface area is 77.9 Å². The summed E-state index contributed by atoms with van der Waals surface area (Å²) in [6.07, 6.45) is 0. The van der Waals surface area contributed by atoms with Gasteiger partial charge in [0.05, 0.1) is 0 Å². The van der Waals surface area contributed by atoms with E-state index in [9.17, 15) is 4.79 Å². The van der Waals surface area contributed by atoms with Crippen LogP contribution in [0.25, 0.3) is 0 Å². The molecule has 0 heterocycles. The van der Waals surface area contributed by atoms with Crippen molar-refractivity contribution in [3.63, 3.8) is 0 Å². The Morgan fingerprint density at radius 2 is 2.15 bits per heavy atom. The van der Waals surface area contributed by atoms with Gasteiger partial charge in [-0.1, -0.05) is 18.2 Å². The first-order valence-corrected chi connectivity index (χ1v) is 4.35. The van der Waals surface area contributed by atoms with Crippen molar-refractivity contribution >= 4 is 5.91 Å². The lowest BCUT2D eigenvalue weighted by molar-refractivity contribution is 0.0955. The summed E-state index contributed by atoms with van der Waals surface area (Å²) in [5, 5.41) is 2.74. The molecule has 0 fully saturated rings. The fraction of sp³-hybridized carbons (Fsp3) is 0.300. The molecule has 0 radical (unpaired) electrons. The van der Waals surface area contributed by atoms with Gasteiger partial charge in [0.15, 0.2) is 0 Å². The number of nitrogens with two attached hydrogens (primary N) is 1. The molecule has 70 valence electrons. The van der Waals surface area contributed by atoms with Crippen LogP contribution < -0.4 is 11.1 Å². The summed E-state index contributed by atoms with van der Waals surface area (Å²) >= 11 is 0. The number of benzene rings is 1. The normalized spacial score (nSPS) is 9.69. The van der Waals surface area contributed by atoms with Crippen LogP contribution in [0.4, 0.5) is 0 Å². The van der Waals surface area contributed by atoms with E-state index in [1.165, 1.54) is 0 Å². The molecule has 3 N–H and O–H groups in total. The zero-order chi connectivity index (χ0) is 9.68. The van der Waals surface area contributed by atoms with Gasteiger partial charge in [-0.15, -0.1) is 0 Å². The van der Waals surface area contributed by atoms with Crippen molar-refractivity contribution in [1.29, 1.82) is 0 Å². The van der Waals surface area contributed by atoms with E-state index in [0.717, 1.165) is 5.56 Å². The van der Waals surface area contributed by atoms with Crippen molar-refractivity contribution in [3.05, 3.63) is 35.4 Å². The molecule has 0 aliphatic carbocycles. The maximum atomic E-state index is 11.5. The van der Waals surface area contributed by atoms with Crippen molar-refractivity contribution in [3.8, 4) is 0 Å². The first-order chi connectivity index (χ1) is 6.29. The average Bonchev–Trinajstić information content (AvgIpc) is 2.18. The topological polar surface area (TPSA) is 55.1 Å². The highest BCUT2D eigenvalue weighted by Crippen LogP contribution is 2.07. The largest absolute Gasteiger partial charge is 0.352 e. The lowest BCUT2D eigenvalue weighted by Gasteiger charge is -2.06. The quantitative estimate of drug-likeness (QED) is 0.722. The summed E-state index contributed by atoms with van der Waals surface area (Å²) in [5.41, 5.74) is 7.06. The van der Waals surface area contributed by atoms with Gasteiger partial charge < -0.3 is 11.1 Å². The lowest BCUT2D eigenvalue weighted by atomic mass is 10.1. The molecule has 13 heavy (non-hydrogen) atoms.